The van der Waals surface area contributed by atoms with Crippen molar-refractivity contribution in [2.75, 3.05) is 18.0 Å². The molecular weight excluding hydrogens is 240 g/mol. The van der Waals surface area contributed by atoms with Crippen LogP contribution in [0, 0.1) is 5.92 Å². The van der Waals surface area contributed by atoms with Crippen molar-refractivity contribution in [1.82, 2.24) is 9.97 Å². The fourth-order valence-corrected chi connectivity index (χ4v) is 2.49. The lowest BCUT2D eigenvalue weighted by atomic mass is 9.96. The van der Waals surface area contributed by atoms with Crippen molar-refractivity contribution in [3.63, 3.8) is 0 Å². The molecule has 2 aromatic rings. The molecular formula is C14H16N4O. The number of hydrogen-bond donors (Lipinski definition) is 1. The second kappa shape index (κ2) is 4.84. The van der Waals surface area contributed by atoms with Gasteiger partial charge in [0.05, 0.1) is 17.2 Å². The van der Waals surface area contributed by atoms with E-state index in [4.69, 9.17) is 5.73 Å². The largest absolute Gasteiger partial charge is 0.369 e. The van der Waals surface area contributed by atoms with Gasteiger partial charge < -0.3 is 10.6 Å². The number of amides is 1. The molecule has 2 N–H and O–H groups in total. The molecule has 1 saturated heterocycles. The second-order valence-electron chi connectivity index (χ2n) is 4.88. The maximum absolute atomic E-state index is 11.1. The number of carbonyl (C=O) groups is 1. The highest BCUT2D eigenvalue weighted by Crippen LogP contribution is 2.22. The highest BCUT2D eigenvalue weighted by Gasteiger charge is 2.23. The first-order valence-electron chi connectivity index (χ1n) is 6.50. The lowest BCUT2D eigenvalue weighted by Crippen LogP contribution is -2.38. The predicted octanol–water partition coefficient (Wildman–Crippen LogP) is 1.33. The summed E-state index contributed by atoms with van der Waals surface area (Å²) >= 11 is 0. The van der Waals surface area contributed by atoms with Crippen LogP contribution in [0.15, 0.2) is 30.5 Å². The Morgan fingerprint density at radius 2 is 1.89 bits per heavy atom. The molecule has 1 aliphatic heterocycles. The number of fused-ring (bicyclic) bond motifs is 1. The van der Waals surface area contributed by atoms with E-state index in [0.717, 1.165) is 42.8 Å². The van der Waals surface area contributed by atoms with E-state index >= 15 is 0 Å². The minimum atomic E-state index is -0.191. The number of carbonyl (C=O) groups excluding carboxylic acids is 1. The van der Waals surface area contributed by atoms with Crippen LogP contribution in [-0.2, 0) is 4.79 Å². The molecule has 3 rings (SSSR count). The lowest BCUT2D eigenvalue weighted by Gasteiger charge is -2.31. The zero-order valence-corrected chi connectivity index (χ0v) is 10.6. The zero-order chi connectivity index (χ0) is 13.2. The van der Waals surface area contributed by atoms with Gasteiger partial charge in [0.15, 0.2) is 0 Å². The molecule has 0 unspecified atom stereocenters. The standard InChI is InChI=1S/C14H16N4O/c15-14(19)10-5-7-18(8-6-10)13-9-16-11-3-1-2-4-12(11)17-13/h1-4,9-10H,5-8H2,(H2,15,19). The number of aromatic nitrogens is 2. The summed E-state index contributed by atoms with van der Waals surface area (Å²) in [6, 6.07) is 7.82. The van der Waals surface area contributed by atoms with E-state index in [2.05, 4.69) is 14.9 Å². The fourth-order valence-electron chi connectivity index (χ4n) is 2.49. The smallest absolute Gasteiger partial charge is 0.220 e. The number of rotatable bonds is 2. The highest BCUT2D eigenvalue weighted by atomic mass is 16.1. The molecule has 19 heavy (non-hydrogen) atoms. The van der Waals surface area contributed by atoms with Gasteiger partial charge in [-0.1, -0.05) is 12.1 Å². The van der Waals surface area contributed by atoms with Gasteiger partial charge in [-0.3, -0.25) is 9.78 Å². The van der Waals surface area contributed by atoms with Gasteiger partial charge in [0.2, 0.25) is 5.91 Å². The van der Waals surface area contributed by atoms with Crippen molar-refractivity contribution >= 4 is 22.8 Å². The molecule has 0 aliphatic carbocycles. The predicted molar refractivity (Wildman–Crippen MR) is 73.7 cm³/mol. The van der Waals surface area contributed by atoms with E-state index in [1.807, 2.05) is 24.3 Å². The van der Waals surface area contributed by atoms with Crippen LogP contribution in [0.3, 0.4) is 0 Å². The Hall–Kier alpha value is -2.17. The van der Waals surface area contributed by atoms with Crippen molar-refractivity contribution in [2.24, 2.45) is 11.7 Å². The summed E-state index contributed by atoms with van der Waals surface area (Å²) < 4.78 is 0. The van der Waals surface area contributed by atoms with Crippen molar-refractivity contribution in [3.05, 3.63) is 30.5 Å². The van der Waals surface area contributed by atoms with Gasteiger partial charge in [0.1, 0.15) is 5.82 Å². The Labute approximate surface area is 111 Å². The number of piperidine rings is 1. The Kier molecular flexibility index (Phi) is 3.03. The van der Waals surface area contributed by atoms with Crippen molar-refractivity contribution in [3.8, 4) is 0 Å². The first-order valence-corrected chi connectivity index (χ1v) is 6.50. The third kappa shape index (κ3) is 2.36. The summed E-state index contributed by atoms with van der Waals surface area (Å²) in [5.41, 5.74) is 7.14. The number of anilines is 1. The van der Waals surface area contributed by atoms with E-state index in [-0.39, 0.29) is 11.8 Å². The van der Waals surface area contributed by atoms with Crippen LogP contribution in [0.1, 0.15) is 12.8 Å². The Morgan fingerprint density at radius 1 is 1.21 bits per heavy atom. The molecule has 0 saturated carbocycles. The zero-order valence-electron chi connectivity index (χ0n) is 10.6. The van der Waals surface area contributed by atoms with Crippen LogP contribution in [-0.4, -0.2) is 29.0 Å². The number of nitrogens with zero attached hydrogens (tertiary/aromatic N) is 3. The summed E-state index contributed by atoms with van der Waals surface area (Å²) in [5.74, 6) is 0.690. The fraction of sp³-hybridized carbons (Fsp3) is 0.357. The van der Waals surface area contributed by atoms with Gasteiger partial charge in [-0.2, -0.15) is 0 Å². The quantitative estimate of drug-likeness (QED) is 0.880. The average molecular weight is 256 g/mol. The maximum Gasteiger partial charge on any atom is 0.220 e. The lowest BCUT2D eigenvalue weighted by molar-refractivity contribution is -0.122. The maximum atomic E-state index is 11.1. The average Bonchev–Trinajstić information content (AvgIpc) is 2.47. The topological polar surface area (TPSA) is 72.1 Å². The first-order chi connectivity index (χ1) is 9.24. The van der Waals surface area contributed by atoms with E-state index in [9.17, 15) is 4.79 Å². The number of primary amides is 1. The van der Waals surface area contributed by atoms with Gasteiger partial charge in [0, 0.05) is 19.0 Å². The number of hydrogen-bond acceptors (Lipinski definition) is 4. The molecule has 1 aromatic heterocycles. The van der Waals surface area contributed by atoms with Crippen LogP contribution in [0.25, 0.3) is 11.0 Å². The molecule has 2 heterocycles. The minimum Gasteiger partial charge on any atom is -0.369 e. The molecule has 5 nitrogen and oxygen atoms in total. The summed E-state index contributed by atoms with van der Waals surface area (Å²) in [6.07, 6.45) is 3.39. The Balaban J connectivity index is 1.80. The van der Waals surface area contributed by atoms with E-state index in [1.165, 1.54) is 0 Å². The second-order valence-corrected chi connectivity index (χ2v) is 4.88. The van der Waals surface area contributed by atoms with E-state index < -0.39 is 0 Å². The Morgan fingerprint density at radius 3 is 2.58 bits per heavy atom. The SMILES string of the molecule is NC(=O)C1CCN(c2cnc3ccccc3n2)CC1. The minimum absolute atomic E-state index is 0.00432. The molecule has 0 atom stereocenters. The van der Waals surface area contributed by atoms with Crippen LogP contribution in [0.5, 0.6) is 0 Å². The van der Waals surface area contributed by atoms with E-state index in [1.54, 1.807) is 6.20 Å². The van der Waals surface area contributed by atoms with Crippen molar-refractivity contribution < 1.29 is 4.79 Å². The van der Waals surface area contributed by atoms with Crippen LogP contribution in [0.2, 0.25) is 0 Å². The van der Waals surface area contributed by atoms with Crippen LogP contribution in [0.4, 0.5) is 5.82 Å². The third-order valence-corrected chi connectivity index (χ3v) is 3.66. The molecule has 1 aliphatic rings. The molecule has 1 amide bonds. The number of nitrogens with two attached hydrogens (primary N) is 1. The summed E-state index contributed by atoms with van der Waals surface area (Å²) in [6.45, 7) is 1.61. The summed E-state index contributed by atoms with van der Waals surface area (Å²) in [7, 11) is 0. The molecule has 0 bridgehead atoms. The Bertz CT molecular complexity index is 605. The molecule has 0 spiro atoms. The third-order valence-electron chi connectivity index (χ3n) is 3.66. The van der Waals surface area contributed by atoms with Gasteiger partial charge in [-0.05, 0) is 25.0 Å². The summed E-state index contributed by atoms with van der Waals surface area (Å²) in [5, 5.41) is 0. The highest BCUT2D eigenvalue weighted by molar-refractivity contribution is 5.77. The normalized spacial score (nSPS) is 16.7. The molecule has 98 valence electrons. The van der Waals surface area contributed by atoms with E-state index in [0.29, 0.717) is 0 Å². The van der Waals surface area contributed by atoms with Gasteiger partial charge in [-0.25, -0.2) is 4.98 Å². The summed E-state index contributed by atoms with van der Waals surface area (Å²) in [4.78, 5) is 22.3. The van der Waals surface area contributed by atoms with Gasteiger partial charge in [-0.15, -0.1) is 0 Å². The van der Waals surface area contributed by atoms with Crippen LogP contribution >= 0.6 is 0 Å². The monoisotopic (exact) mass is 256 g/mol. The first kappa shape index (κ1) is 11.9. The van der Waals surface area contributed by atoms with Crippen molar-refractivity contribution in [1.29, 1.82) is 0 Å². The van der Waals surface area contributed by atoms with Crippen molar-refractivity contribution in [2.45, 2.75) is 12.8 Å². The van der Waals surface area contributed by atoms with Crippen LogP contribution < -0.4 is 10.6 Å². The molecule has 5 heteroatoms. The van der Waals surface area contributed by atoms with Gasteiger partial charge in [0.25, 0.3) is 0 Å². The molecule has 1 aromatic carbocycles. The molecule has 1 fully saturated rings. The number of benzene rings is 1. The number of para-hydroxylation sites is 2. The molecule has 0 radical (unpaired) electrons. The van der Waals surface area contributed by atoms with Gasteiger partial charge >= 0.3 is 0 Å².